The molecule has 0 aromatic heterocycles. The zero-order chi connectivity index (χ0) is 22.8. The van der Waals surface area contributed by atoms with Crippen LogP contribution < -0.4 is 5.32 Å². The zero-order valence-electron chi connectivity index (χ0n) is 19.1. The Bertz CT molecular complexity index is 1150. The van der Waals surface area contributed by atoms with Gasteiger partial charge in [-0.2, -0.15) is 0 Å². The smallest absolute Gasteiger partial charge is 0.151 e. The van der Waals surface area contributed by atoms with E-state index in [9.17, 15) is 4.79 Å². The van der Waals surface area contributed by atoms with E-state index in [4.69, 9.17) is 0 Å². The number of carbonyl (C=O) groups is 1. The molecule has 1 aliphatic heterocycles. The second kappa shape index (κ2) is 9.17. The molecule has 2 nitrogen and oxygen atoms in total. The SMILES string of the molecule is Cc1ccccc1[C@H]1N[C@@H](c2ccccc2C)[C@H](c2ccccc2)C(=O)[C@H]1c1ccccc1. The first-order valence-corrected chi connectivity index (χ1v) is 11.7. The van der Waals surface area contributed by atoms with Gasteiger partial charge in [0, 0.05) is 12.1 Å². The number of benzene rings is 4. The standard InChI is InChI=1S/C31H29NO/c1-21-13-9-11-19-25(21)29-27(23-15-5-3-6-16-23)31(33)28(24-17-7-4-8-18-24)30(32-29)26-20-12-10-14-22(26)2/h3-20,27-30,32H,1-2H3/t27-,28-,29-,30+/m0/s1. The lowest BCUT2D eigenvalue weighted by Crippen LogP contribution is -2.46. The van der Waals surface area contributed by atoms with Crippen molar-refractivity contribution < 1.29 is 4.79 Å². The molecule has 0 radical (unpaired) electrons. The molecule has 1 fully saturated rings. The molecule has 0 saturated carbocycles. The minimum Gasteiger partial charge on any atom is -0.301 e. The lowest BCUT2D eigenvalue weighted by molar-refractivity contribution is -0.125. The number of carbonyl (C=O) groups excluding carboxylic acids is 1. The van der Waals surface area contributed by atoms with Crippen LogP contribution in [0.3, 0.4) is 0 Å². The Balaban J connectivity index is 1.71. The van der Waals surface area contributed by atoms with Gasteiger partial charge in [0.1, 0.15) is 0 Å². The third-order valence-corrected chi connectivity index (χ3v) is 7.00. The summed E-state index contributed by atoms with van der Waals surface area (Å²) in [6.45, 7) is 4.27. The summed E-state index contributed by atoms with van der Waals surface area (Å²) in [6.07, 6.45) is 0. The molecule has 0 bridgehead atoms. The van der Waals surface area contributed by atoms with E-state index in [-0.39, 0.29) is 29.7 Å². The van der Waals surface area contributed by atoms with Gasteiger partial charge in [0.05, 0.1) is 11.8 Å². The summed E-state index contributed by atoms with van der Waals surface area (Å²) in [5.41, 5.74) is 6.89. The van der Waals surface area contributed by atoms with Gasteiger partial charge in [-0.1, -0.05) is 109 Å². The van der Waals surface area contributed by atoms with Gasteiger partial charge >= 0.3 is 0 Å². The molecule has 1 saturated heterocycles. The first kappa shape index (κ1) is 21.4. The lowest BCUT2D eigenvalue weighted by Gasteiger charge is -2.43. The van der Waals surface area contributed by atoms with Crippen molar-refractivity contribution >= 4 is 5.78 Å². The molecule has 1 heterocycles. The van der Waals surface area contributed by atoms with Gasteiger partial charge in [0.25, 0.3) is 0 Å². The average Bonchev–Trinajstić information content (AvgIpc) is 2.85. The maximum atomic E-state index is 14.5. The second-order valence-electron chi connectivity index (χ2n) is 9.01. The van der Waals surface area contributed by atoms with Crippen LogP contribution in [-0.4, -0.2) is 5.78 Å². The predicted octanol–water partition coefficient (Wildman–Crippen LogP) is 6.83. The Labute approximate surface area is 196 Å². The van der Waals surface area contributed by atoms with Crippen LogP contribution in [0.1, 0.15) is 57.3 Å². The largest absolute Gasteiger partial charge is 0.301 e. The second-order valence-corrected chi connectivity index (χ2v) is 9.01. The van der Waals surface area contributed by atoms with Gasteiger partial charge in [-0.25, -0.2) is 0 Å². The number of aryl methyl sites for hydroxylation is 2. The fourth-order valence-corrected chi connectivity index (χ4v) is 5.35. The number of nitrogens with one attached hydrogen (secondary N) is 1. The predicted molar refractivity (Wildman–Crippen MR) is 134 cm³/mol. The average molecular weight is 432 g/mol. The fourth-order valence-electron chi connectivity index (χ4n) is 5.35. The fraction of sp³-hybridized carbons (Fsp3) is 0.194. The highest BCUT2D eigenvalue weighted by Crippen LogP contribution is 2.48. The first-order valence-electron chi connectivity index (χ1n) is 11.7. The Morgan fingerprint density at radius 1 is 0.515 bits per heavy atom. The van der Waals surface area contributed by atoms with Crippen LogP contribution in [0.2, 0.25) is 0 Å². The van der Waals surface area contributed by atoms with E-state index in [0.29, 0.717) is 0 Å². The molecule has 33 heavy (non-hydrogen) atoms. The number of rotatable bonds is 4. The number of Topliss-reactive ketones (excluding diaryl/α,β-unsaturated/α-hetero) is 1. The molecule has 0 unspecified atom stereocenters. The quantitative estimate of drug-likeness (QED) is 0.384. The topological polar surface area (TPSA) is 29.1 Å². The van der Waals surface area contributed by atoms with Gasteiger partial charge in [-0.05, 0) is 47.2 Å². The summed E-state index contributed by atoms with van der Waals surface area (Å²) in [7, 11) is 0. The van der Waals surface area contributed by atoms with E-state index >= 15 is 0 Å². The number of ketones is 1. The maximum absolute atomic E-state index is 14.5. The van der Waals surface area contributed by atoms with Crippen molar-refractivity contribution in [1.29, 1.82) is 0 Å². The number of hydrogen-bond donors (Lipinski definition) is 1. The number of hydrogen-bond acceptors (Lipinski definition) is 2. The molecule has 4 atom stereocenters. The van der Waals surface area contributed by atoms with Crippen molar-refractivity contribution in [2.75, 3.05) is 0 Å². The maximum Gasteiger partial charge on any atom is 0.151 e. The van der Waals surface area contributed by atoms with Crippen molar-refractivity contribution in [2.45, 2.75) is 37.8 Å². The van der Waals surface area contributed by atoms with Crippen molar-refractivity contribution in [3.8, 4) is 0 Å². The molecular weight excluding hydrogens is 402 g/mol. The van der Waals surface area contributed by atoms with Gasteiger partial charge in [-0.15, -0.1) is 0 Å². The van der Waals surface area contributed by atoms with Gasteiger partial charge in [0.15, 0.2) is 5.78 Å². The van der Waals surface area contributed by atoms with Crippen LogP contribution in [0, 0.1) is 13.8 Å². The normalized spacial score (nSPS) is 22.8. The summed E-state index contributed by atoms with van der Waals surface area (Å²) in [5, 5.41) is 3.97. The highest BCUT2D eigenvalue weighted by molar-refractivity contribution is 5.94. The van der Waals surface area contributed by atoms with Crippen LogP contribution in [0.5, 0.6) is 0 Å². The van der Waals surface area contributed by atoms with Crippen LogP contribution in [0.25, 0.3) is 0 Å². The molecule has 4 aromatic carbocycles. The Morgan fingerprint density at radius 2 is 0.879 bits per heavy atom. The molecule has 5 rings (SSSR count). The van der Waals surface area contributed by atoms with E-state index in [1.165, 1.54) is 22.3 Å². The summed E-state index contributed by atoms with van der Waals surface area (Å²) < 4.78 is 0. The molecular formula is C31H29NO. The van der Waals surface area contributed by atoms with Crippen LogP contribution in [-0.2, 0) is 4.79 Å². The summed E-state index contributed by atoms with van der Waals surface area (Å²) in [6, 6.07) is 37.1. The van der Waals surface area contributed by atoms with Crippen LogP contribution in [0.4, 0.5) is 0 Å². The number of piperidine rings is 1. The van der Waals surface area contributed by atoms with Gasteiger partial charge < -0.3 is 5.32 Å². The molecule has 4 aromatic rings. The minimum atomic E-state index is -0.266. The Kier molecular flexibility index (Phi) is 5.93. The van der Waals surface area contributed by atoms with Crippen LogP contribution >= 0.6 is 0 Å². The monoisotopic (exact) mass is 431 g/mol. The van der Waals surface area contributed by atoms with Crippen molar-refractivity contribution in [1.82, 2.24) is 5.32 Å². The van der Waals surface area contributed by atoms with Gasteiger partial charge in [-0.3, -0.25) is 4.79 Å². The van der Waals surface area contributed by atoms with Crippen LogP contribution in [0.15, 0.2) is 109 Å². The third kappa shape index (κ3) is 4.03. The summed E-state index contributed by atoms with van der Waals surface area (Å²) in [5.74, 6) is -0.261. The van der Waals surface area contributed by atoms with Crippen molar-refractivity contribution in [3.05, 3.63) is 143 Å². The minimum absolute atomic E-state index is 0.106. The Morgan fingerprint density at radius 3 is 1.27 bits per heavy atom. The van der Waals surface area contributed by atoms with E-state index in [0.717, 1.165) is 11.1 Å². The van der Waals surface area contributed by atoms with E-state index in [1.54, 1.807) is 0 Å². The third-order valence-electron chi connectivity index (χ3n) is 7.00. The summed E-state index contributed by atoms with van der Waals surface area (Å²) >= 11 is 0. The molecule has 0 amide bonds. The zero-order valence-corrected chi connectivity index (χ0v) is 19.1. The van der Waals surface area contributed by atoms with Crippen molar-refractivity contribution in [2.24, 2.45) is 0 Å². The molecule has 0 spiro atoms. The highest BCUT2D eigenvalue weighted by Gasteiger charge is 2.46. The molecule has 0 aliphatic carbocycles. The highest BCUT2D eigenvalue weighted by atomic mass is 16.1. The molecule has 1 aliphatic rings. The summed E-state index contributed by atoms with van der Waals surface area (Å²) in [4.78, 5) is 14.5. The van der Waals surface area contributed by atoms with E-state index in [1.807, 2.05) is 36.4 Å². The molecule has 2 heteroatoms. The first-order chi connectivity index (χ1) is 16.1. The Hall–Kier alpha value is -3.49. The molecule has 164 valence electrons. The van der Waals surface area contributed by atoms with Gasteiger partial charge in [0.2, 0.25) is 0 Å². The van der Waals surface area contributed by atoms with E-state index < -0.39 is 0 Å². The molecule has 1 N–H and O–H groups in total. The lowest BCUT2D eigenvalue weighted by atomic mass is 9.69. The van der Waals surface area contributed by atoms with Crippen molar-refractivity contribution in [3.63, 3.8) is 0 Å². The van der Waals surface area contributed by atoms with E-state index in [2.05, 4.69) is 92.0 Å².